The van der Waals surface area contributed by atoms with Gasteiger partial charge in [-0.2, -0.15) is 0 Å². The van der Waals surface area contributed by atoms with E-state index in [1.165, 1.54) is 4.90 Å². The highest BCUT2D eigenvalue weighted by atomic mass is 16.6. The maximum Gasteiger partial charge on any atom is 0.410 e. The fourth-order valence-corrected chi connectivity index (χ4v) is 3.15. The first-order valence-electron chi connectivity index (χ1n) is 8.00. The van der Waals surface area contributed by atoms with Crippen LogP contribution in [0.15, 0.2) is 0 Å². The number of carbonyl (C=O) groups excluding carboxylic acids is 3. The lowest BCUT2D eigenvalue weighted by Gasteiger charge is -2.30. The largest absolute Gasteiger partial charge is 0.464 e. The molecule has 2 atom stereocenters. The van der Waals surface area contributed by atoms with Crippen molar-refractivity contribution in [2.75, 3.05) is 26.3 Å². The number of esters is 1. The van der Waals surface area contributed by atoms with E-state index in [0.29, 0.717) is 32.5 Å². The molecule has 2 aliphatic heterocycles. The number of hydrogen-bond acceptors (Lipinski definition) is 5. The number of likely N-dealkylation sites (tertiary alicyclic amines) is 2. The summed E-state index contributed by atoms with van der Waals surface area (Å²) in [5.41, 5.74) is 0. The molecule has 2 amide bonds. The van der Waals surface area contributed by atoms with Gasteiger partial charge in [0.2, 0.25) is 5.91 Å². The molecule has 0 saturated carbocycles. The Morgan fingerprint density at radius 3 is 2.14 bits per heavy atom. The highest BCUT2D eigenvalue weighted by Crippen LogP contribution is 2.25. The van der Waals surface area contributed by atoms with E-state index in [1.807, 2.05) is 0 Å². The van der Waals surface area contributed by atoms with E-state index >= 15 is 0 Å². The van der Waals surface area contributed by atoms with Gasteiger partial charge in [-0.25, -0.2) is 9.59 Å². The summed E-state index contributed by atoms with van der Waals surface area (Å²) in [5.74, 6) is -0.518. The van der Waals surface area contributed by atoms with Gasteiger partial charge in [-0.05, 0) is 39.5 Å². The Morgan fingerprint density at radius 1 is 0.909 bits per heavy atom. The number of carbonyl (C=O) groups is 3. The zero-order valence-electron chi connectivity index (χ0n) is 13.2. The van der Waals surface area contributed by atoms with Crippen LogP contribution in [-0.4, -0.2) is 66.2 Å². The topological polar surface area (TPSA) is 76.2 Å². The van der Waals surface area contributed by atoms with Gasteiger partial charge in [0.25, 0.3) is 0 Å². The molecule has 0 aromatic rings. The Bertz CT molecular complexity index is 402. The van der Waals surface area contributed by atoms with Gasteiger partial charge in [0.05, 0.1) is 13.2 Å². The second-order valence-electron chi connectivity index (χ2n) is 5.49. The fourth-order valence-electron chi connectivity index (χ4n) is 3.15. The quantitative estimate of drug-likeness (QED) is 0.728. The van der Waals surface area contributed by atoms with Crippen molar-refractivity contribution in [3.05, 3.63) is 0 Å². The Morgan fingerprint density at radius 2 is 1.50 bits per heavy atom. The van der Waals surface area contributed by atoms with Crippen LogP contribution in [0.4, 0.5) is 4.79 Å². The molecule has 0 N–H and O–H groups in total. The van der Waals surface area contributed by atoms with Gasteiger partial charge in [0.15, 0.2) is 0 Å². The van der Waals surface area contributed by atoms with Crippen molar-refractivity contribution in [3.8, 4) is 0 Å². The molecule has 7 heteroatoms. The molecule has 2 fully saturated rings. The van der Waals surface area contributed by atoms with E-state index in [-0.39, 0.29) is 18.5 Å². The lowest BCUT2D eigenvalue weighted by atomic mass is 10.1. The monoisotopic (exact) mass is 312 g/mol. The Labute approximate surface area is 130 Å². The van der Waals surface area contributed by atoms with Crippen molar-refractivity contribution in [1.82, 2.24) is 9.80 Å². The first-order chi connectivity index (χ1) is 10.6. The molecule has 0 aromatic heterocycles. The predicted molar refractivity (Wildman–Crippen MR) is 78.1 cm³/mol. The SMILES string of the molecule is CCOC(=O)C1CCCN1C(=O)C1CCCN1C(=O)OCC. The molecule has 22 heavy (non-hydrogen) atoms. The van der Waals surface area contributed by atoms with Crippen molar-refractivity contribution in [2.24, 2.45) is 0 Å². The minimum absolute atomic E-state index is 0.166. The molecule has 0 aliphatic carbocycles. The van der Waals surface area contributed by atoms with Gasteiger partial charge in [-0.1, -0.05) is 0 Å². The van der Waals surface area contributed by atoms with Crippen LogP contribution in [-0.2, 0) is 19.1 Å². The van der Waals surface area contributed by atoms with Gasteiger partial charge in [0.1, 0.15) is 12.1 Å². The van der Waals surface area contributed by atoms with Gasteiger partial charge >= 0.3 is 12.1 Å². The summed E-state index contributed by atoms with van der Waals surface area (Å²) in [4.78, 5) is 39.7. The number of rotatable bonds is 4. The van der Waals surface area contributed by atoms with Crippen molar-refractivity contribution in [1.29, 1.82) is 0 Å². The Hall–Kier alpha value is -1.79. The van der Waals surface area contributed by atoms with E-state index in [4.69, 9.17) is 9.47 Å². The first kappa shape index (κ1) is 16.6. The lowest BCUT2D eigenvalue weighted by Crippen LogP contribution is -2.51. The summed E-state index contributed by atoms with van der Waals surface area (Å²) >= 11 is 0. The van der Waals surface area contributed by atoms with Crippen LogP contribution in [0.3, 0.4) is 0 Å². The van der Waals surface area contributed by atoms with E-state index in [1.54, 1.807) is 18.7 Å². The minimum Gasteiger partial charge on any atom is -0.464 e. The molecule has 2 unspecified atom stereocenters. The third-order valence-corrected chi connectivity index (χ3v) is 4.13. The molecule has 0 spiro atoms. The molecular formula is C15H24N2O5. The van der Waals surface area contributed by atoms with Crippen LogP contribution in [0, 0.1) is 0 Å². The summed E-state index contributed by atoms with van der Waals surface area (Å²) in [6.07, 6.45) is 2.33. The zero-order valence-corrected chi connectivity index (χ0v) is 13.2. The molecule has 0 bridgehead atoms. The molecule has 2 saturated heterocycles. The standard InChI is InChI=1S/C15H24N2O5/c1-3-21-14(19)12-8-6-9-16(12)13(18)11-7-5-10-17(11)15(20)22-4-2/h11-12H,3-10H2,1-2H3. The number of hydrogen-bond donors (Lipinski definition) is 0. The van der Waals surface area contributed by atoms with Crippen molar-refractivity contribution in [2.45, 2.75) is 51.6 Å². The average Bonchev–Trinajstić information content (AvgIpc) is 3.16. The number of nitrogens with zero attached hydrogens (tertiary/aromatic N) is 2. The fraction of sp³-hybridized carbons (Fsp3) is 0.800. The zero-order chi connectivity index (χ0) is 16.1. The summed E-state index contributed by atoms with van der Waals surface area (Å²) in [6.45, 7) is 5.13. The lowest BCUT2D eigenvalue weighted by molar-refractivity contribution is -0.154. The Balaban J connectivity index is 2.06. The molecule has 2 aliphatic rings. The third kappa shape index (κ3) is 3.34. The molecule has 2 rings (SSSR count). The van der Waals surface area contributed by atoms with E-state index in [2.05, 4.69) is 0 Å². The van der Waals surface area contributed by atoms with Crippen molar-refractivity contribution < 1.29 is 23.9 Å². The van der Waals surface area contributed by atoms with Crippen LogP contribution >= 0.6 is 0 Å². The Kier molecular flexibility index (Phi) is 5.63. The van der Waals surface area contributed by atoms with E-state index in [9.17, 15) is 14.4 Å². The highest BCUT2D eigenvalue weighted by Gasteiger charge is 2.42. The average molecular weight is 312 g/mol. The number of ether oxygens (including phenoxy) is 2. The maximum absolute atomic E-state index is 12.8. The van der Waals surface area contributed by atoms with Crippen LogP contribution in [0.2, 0.25) is 0 Å². The molecule has 0 aromatic carbocycles. The molecular weight excluding hydrogens is 288 g/mol. The summed E-state index contributed by atoms with van der Waals surface area (Å²) in [5, 5.41) is 0. The van der Waals surface area contributed by atoms with Gasteiger partial charge < -0.3 is 14.4 Å². The summed E-state index contributed by atoms with van der Waals surface area (Å²) < 4.78 is 10.0. The van der Waals surface area contributed by atoms with Gasteiger partial charge in [-0.3, -0.25) is 9.69 Å². The highest BCUT2D eigenvalue weighted by molar-refractivity contribution is 5.90. The molecule has 2 heterocycles. The van der Waals surface area contributed by atoms with Crippen LogP contribution in [0.1, 0.15) is 39.5 Å². The molecule has 0 radical (unpaired) electrons. The van der Waals surface area contributed by atoms with Crippen LogP contribution in [0.25, 0.3) is 0 Å². The summed E-state index contributed by atoms with van der Waals surface area (Å²) in [6, 6.07) is -1.04. The number of amides is 2. The minimum atomic E-state index is -0.519. The molecule has 124 valence electrons. The van der Waals surface area contributed by atoms with Gasteiger partial charge in [0, 0.05) is 13.1 Å². The normalized spacial score (nSPS) is 24.5. The smallest absolute Gasteiger partial charge is 0.410 e. The second-order valence-corrected chi connectivity index (χ2v) is 5.49. The van der Waals surface area contributed by atoms with Crippen LogP contribution in [0.5, 0.6) is 0 Å². The van der Waals surface area contributed by atoms with Gasteiger partial charge in [-0.15, -0.1) is 0 Å². The van der Waals surface area contributed by atoms with E-state index < -0.39 is 18.2 Å². The second kappa shape index (κ2) is 7.47. The third-order valence-electron chi connectivity index (χ3n) is 4.13. The van der Waals surface area contributed by atoms with E-state index in [0.717, 1.165) is 12.8 Å². The van der Waals surface area contributed by atoms with Crippen LogP contribution < -0.4 is 0 Å². The molecule has 7 nitrogen and oxygen atoms in total. The maximum atomic E-state index is 12.8. The predicted octanol–water partition coefficient (Wildman–Crippen LogP) is 1.16. The summed E-state index contributed by atoms with van der Waals surface area (Å²) in [7, 11) is 0. The first-order valence-corrected chi connectivity index (χ1v) is 8.00. The van der Waals surface area contributed by atoms with Crippen molar-refractivity contribution >= 4 is 18.0 Å². The van der Waals surface area contributed by atoms with Crippen molar-refractivity contribution in [3.63, 3.8) is 0 Å².